The number of ether oxygens (including phenoxy) is 3. The van der Waals surface area contributed by atoms with Crippen LogP contribution in [-0.4, -0.2) is 51.7 Å². The summed E-state index contributed by atoms with van der Waals surface area (Å²) < 4.78 is 46.5. The summed E-state index contributed by atoms with van der Waals surface area (Å²) in [7, 11) is -2.29. The van der Waals surface area contributed by atoms with E-state index < -0.39 is 40.0 Å². The summed E-state index contributed by atoms with van der Waals surface area (Å²) in [5, 5.41) is 0. The van der Waals surface area contributed by atoms with Crippen molar-refractivity contribution in [1.29, 1.82) is 0 Å². The summed E-state index contributed by atoms with van der Waals surface area (Å²) in [5.41, 5.74) is -1.49. The number of rotatable bonds is 9. The van der Waals surface area contributed by atoms with E-state index in [4.69, 9.17) is 18.8 Å². The highest BCUT2D eigenvalue weighted by molar-refractivity contribution is 7.87. The van der Waals surface area contributed by atoms with E-state index >= 15 is 0 Å². The number of benzene rings is 1. The monoisotopic (exact) mass is 420 g/mol. The Kier molecular flexibility index (Phi) is 9.57. The largest absolute Gasteiger partial charge is 0.468 e. The maximum Gasteiger partial charge on any atom is 0.357 e. The molecule has 0 aliphatic carbocycles. The number of hydrogen-bond acceptors (Lipinski definition) is 9. The summed E-state index contributed by atoms with van der Waals surface area (Å²) >= 11 is 0. The normalized spacial score (nSPS) is 11.0. The minimum atomic E-state index is -4.44. The van der Waals surface area contributed by atoms with Crippen LogP contribution in [0.3, 0.4) is 0 Å². The predicted molar refractivity (Wildman–Crippen MR) is 98.1 cm³/mol. The average Bonchev–Trinajstić information content (AvgIpc) is 2.60. The molecule has 0 aliphatic heterocycles. The molecule has 0 spiro atoms. The molecule has 0 fully saturated rings. The molecule has 5 N–H and O–H groups in total. The van der Waals surface area contributed by atoms with Crippen molar-refractivity contribution in [2.45, 2.75) is 19.8 Å². The maximum absolute atomic E-state index is 12.4. The smallest absolute Gasteiger partial charge is 0.357 e. The number of carbonyl (C=O) groups excluding carboxylic acids is 3. The van der Waals surface area contributed by atoms with Crippen LogP contribution in [0.15, 0.2) is 24.3 Å². The van der Waals surface area contributed by atoms with Crippen LogP contribution in [0.4, 0.5) is 5.69 Å². The second-order valence-electron chi connectivity index (χ2n) is 5.50. The van der Waals surface area contributed by atoms with Gasteiger partial charge in [-0.2, -0.15) is 8.42 Å². The Morgan fingerprint density at radius 1 is 1.07 bits per heavy atom. The van der Waals surface area contributed by atoms with Gasteiger partial charge in [-0.05, 0) is 31.0 Å². The minimum Gasteiger partial charge on any atom is -0.468 e. The first-order valence-electron chi connectivity index (χ1n) is 7.74. The lowest BCUT2D eigenvalue weighted by atomic mass is 9.78. The molecule has 158 valence electrons. The van der Waals surface area contributed by atoms with Crippen molar-refractivity contribution in [3.05, 3.63) is 29.8 Å². The molecule has 0 saturated carbocycles. The minimum absolute atomic E-state index is 0. The van der Waals surface area contributed by atoms with Crippen molar-refractivity contribution >= 4 is 33.9 Å². The molecule has 1 rings (SSSR count). The fourth-order valence-electron chi connectivity index (χ4n) is 2.47. The number of carbonyl (C=O) groups is 3. The molecule has 0 unspecified atom stereocenters. The van der Waals surface area contributed by atoms with Gasteiger partial charge in [0, 0.05) is 0 Å². The number of hydrogen-bond donors (Lipinski definition) is 3. The Balaban J connectivity index is 0.00000729. The van der Waals surface area contributed by atoms with Gasteiger partial charge >= 0.3 is 28.2 Å². The van der Waals surface area contributed by atoms with Gasteiger partial charge in [0.15, 0.2) is 5.41 Å². The average molecular weight is 420 g/mol. The van der Waals surface area contributed by atoms with Gasteiger partial charge in [0.05, 0.1) is 32.9 Å². The third-order valence-electron chi connectivity index (χ3n) is 3.61. The molecule has 0 heterocycles. The molecule has 0 bridgehead atoms. The molecule has 0 saturated heterocycles. The number of methoxy groups -OCH3 is 2. The molecule has 1 aromatic carbocycles. The molecule has 0 aliphatic rings. The molecule has 11 nitrogen and oxygen atoms in total. The second kappa shape index (κ2) is 10.6. The maximum atomic E-state index is 12.4. The van der Waals surface area contributed by atoms with Crippen molar-refractivity contribution < 1.29 is 41.6 Å². The number of anilines is 1. The van der Waals surface area contributed by atoms with Crippen molar-refractivity contribution in [2.75, 3.05) is 25.5 Å². The lowest BCUT2D eigenvalue weighted by molar-refractivity contribution is -0.174. The van der Waals surface area contributed by atoms with Crippen LogP contribution in [-0.2, 0) is 45.3 Å². The van der Waals surface area contributed by atoms with Crippen molar-refractivity contribution in [2.24, 2.45) is 5.41 Å². The molecule has 28 heavy (non-hydrogen) atoms. The van der Waals surface area contributed by atoms with Crippen LogP contribution in [0.25, 0.3) is 0 Å². The van der Waals surface area contributed by atoms with Crippen LogP contribution < -0.4 is 10.9 Å². The highest BCUT2D eigenvalue weighted by Crippen LogP contribution is 2.32. The van der Waals surface area contributed by atoms with Gasteiger partial charge in [-0.15, -0.1) is 0 Å². The molecule has 0 amide bonds. The van der Waals surface area contributed by atoms with Crippen molar-refractivity contribution in [3.8, 4) is 0 Å². The van der Waals surface area contributed by atoms with Crippen LogP contribution >= 0.6 is 0 Å². The summed E-state index contributed by atoms with van der Waals surface area (Å²) in [5.74, 6) is -2.72. The lowest BCUT2D eigenvalue weighted by Crippen LogP contribution is -2.45. The zero-order valence-corrected chi connectivity index (χ0v) is 16.6. The van der Waals surface area contributed by atoms with Crippen LogP contribution in [0.1, 0.15) is 18.9 Å². The molecule has 12 heteroatoms. The van der Waals surface area contributed by atoms with Gasteiger partial charge in [0.2, 0.25) is 0 Å². The van der Waals surface area contributed by atoms with E-state index in [0.29, 0.717) is 5.56 Å². The molecule has 0 radical (unpaired) electrons. The second-order valence-corrected chi connectivity index (χ2v) is 6.65. The quantitative estimate of drug-likeness (QED) is 0.225. The van der Waals surface area contributed by atoms with Crippen molar-refractivity contribution in [3.63, 3.8) is 0 Å². The first kappa shape index (κ1) is 25.3. The first-order chi connectivity index (χ1) is 12.6. The predicted octanol–water partition coefficient (Wildman–Crippen LogP) is 0.891. The highest BCUT2D eigenvalue weighted by atomic mass is 32.2. The fraction of sp³-hybridized carbons (Fsp3) is 0.438. The first-order valence-corrected chi connectivity index (χ1v) is 9.18. The molecular formula is C16H24N2O9S. The summed E-state index contributed by atoms with van der Waals surface area (Å²) in [6.07, 6.45) is -0.845. The summed E-state index contributed by atoms with van der Waals surface area (Å²) in [4.78, 5) is 36.7. The van der Waals surface area contributed by atoms with E-state index in [1.807, 2.05) is 4.72 Å². The molecule has 0 aromatic heterocycles. The molecular weight excluding hydrogens is 396 g/mol. The zero-order valence-electron chi connectivity index (χ0n) is 15.8. The Morgan fingerprint density at radius 3 is 1.96 bits per heavy atom. The van der Waals surface area contributed by atoms with Gasteiger partial charge in [0.25, 0.3) is 0 Å². The van der Waals surface area contributed by atoms with E-state index in [2.05, 4.69) is 0 Å². The third kappa shape index (κ3) is 6.79. The summed E-state index contributed by atoms with van der Waals surface area (Å²) in [6.45, 7) is 1.64. The van der Waals surface area contributed by atoms with Crippen LogP contribution in [0.2, 0.25) is 0 Å². The highest BCUT2D eigenvalue weighted by Gasteiger charge is 2.50. The Morgan fingerprint density at radius 2 is 1.57 bits per heavy atom. The van der Waals surface area contributed by atoms with E-state index in [1.54, 1.807) is 6.92 Å². The van der Waals surface area contributed by atoms with Gasteiger partial charge in [-0.25, -0.2) is 0 Å². The topological polar surface area (TPSA) is 180 Å². The molecule has 1 aromatic rings. The van der Waals surface area contributed by atoms with E-state index in [0.717, 1.165) is 14.2 Å². The van der Waals surface area contributed by atoms with Gasteiger partial charge in [0.1, 0.15) is 0 Å². The lowest BCUT2D eigenvalue weighted by Gasteiger charge is -2.27. The standard InChI is InChI=1S/C16H21NO9S.H3N/c1-4-26-13(18)10-16(14(19)24-2,15(20)25-3)9-11-5-7-12(8-6-11)17-27(21,22)23;/h5-8,17H,4,9-10H2,1-3H3,(H,21,22,23);1H3. The number of nitrogens with one attached hydrogen (secondary N) is 1. The van der Waals surface area contributed by atoms with Crippen LogP contribution in [0, 0.1) is 5.41 Å². The van der Waals surface area contributed by atoms with E-state index in [-0.39, 0.29) is 24.9 Å². The van der Waals surface area contributed by atoms with E-state index in [9.17, 15) is 22.8 Å². The van der Waals surface area contributed by atoms with Gasteiger partial charge < -0.3 is 20.4 Å². The van der Waals surface area contributed by atoms with Gasteiger partial charge in [-0.1, -0.05) is 12.1 Å². The van der Waals surface area contributed by atoms with Gasteiger partial charge in [-0.3, -0.25) is 23.7 Å². The van der Waals surface area contributed by atoms with E-state index in [1.165, 1.54) is 24.3 Å². The summed E-state index contributed by atoms with van der Waals surface area (Å²) in [6, 6.07) is 5.46. The third-order valence-corrected chi connectivity index (χ3v) is 4.10. The fourth-order valence-corrected chi connectivity index (χ4v) is 2.91. The van der Waals surface area contributed by atoms with Crippen LogP contribution in [0.5, 0.6) is 0 Å². The SMILES string of the molecule is CCOC(=O)CC(Cc1ccc(NS(=O)(=O)O)cc1)(C(=O)OC)C(=O)OC.N. The Bertz CT molecular complexity index is 775. The zero-order chi connectivity index (χ0) is 20.7. The Hall–Kier alpha value is -2.70. The molecule has 0 atom stereocenters. The van der Waals surface area contributed by atoms with Crippen molar-refractivity contribution in [1.82, 2.24) is 6.15 Å². The Labute approximate surface area is 162 Å². The number of esters is 3.